The lowest BCUT2D eigenvalue weighted by molar-refractivity contribution is -0.140. The van der Waals surface area contributed by atoms with Gasteiger partial charge in [0, 0.05) is 12.1 Å². The zero-order valence-corrected chi connectivity index (χ0v) is 17.1. The Kier molecular flexibility index (Phi) is 6.49. The third-order valence-corrected chi connectivity index (χ3v) is 5.07. The SMILES string of the molecule is CCc1ccc(C2/C(=C(/O)c3ccccc3)C(=O)C(=O)N2CCOC(C)C)cc1. The predicted octanol–water partition coefficient (Wildman–Crippen LogP) is 4.10. The quantitative estimate of drug-likeness (QED) is 0.437. The van der Waals surface area contributed by atoms with Crippen LogP contribution in [0, 0.1) is 0 Å². The van der Waals surface area contributed by atoms with Crippen LogP contribution in [0.2, 0.25) is 0 Å². The van der Waals surface area contributed by atoms with Gasteiger partial charge in [-0.3, -0.25) is 9.59 Å². The molecule has 1 saturated heterocycles. The first-order chi connectivity index (χ1) is 13.9. The fourth-order valence-electron chi connectivity index (χ4n) is 3.53. The largest absolute Gasteiger partial charge is 0.507 e. The third kappa shape index (κ3) is 4.40. The highest BCUT2D eigenvalue weighted by atomic mass is 16.5. The maximum Gasteiger partial charge on any atom is 0.295 e. The van der Waals surface area contributed by atoms with Crippen molar-refractivity contribution < 1.29 is 19.4 Å². The second kappa shape index (κ2) is 9.05. The number of hydrogen-bond donors (Lipinski definition) is 1. The van der Waals surface area contributed by atoms with Crippen molar-refractivity contribution in [3.05, 3.63) is 76.9 Å². The van der Waals surface area contributed by atoms with Gasteiger partial charge in [-0.2, -0.15) is 0 Å². The summed E-state index contributed by atoms with van der Waals surface area (Å²) in [7, 11) is 0. The lowest BCUT2D eigenvalue weighted by Crippen LogP contribution is -2.33. The van der Waals surface area contributed by atoms with Crippen molar-refractivity contribution in [3.63, 3.8) is 0 Å². The van der Waals surface area contributed by atoms with E-state index in [0.29, 0.717) is 12.2 Å². The number of ether oxygens (including phenoxy) is 1. The number of nitrogens with zero attached hydrogens (tertiary/aromatic N) is 1. The summed E-state index contributed by atoms with van der Waals surface area (Å²) in [6.45, 7) is 6.50. The van der Waals surface area contributed by atoms with Gasteiger partial charge in [0.2, 0.25) is 0 Å². The first-order valence-electron chi connectivity index (χ1n) is 9.98. The van der Waals surface area contributed by atoms with Gasteiger partial charge in [0.15, 0.2) is 0 Å². The molecule has 1 fully saturated rings. The molecule has 1 aliphatic rings. The second-order valence-electron chi connectivity index (χ2n) is 7.37. The molecule has 29 heavy (non-hydrogen) atoms. The van der Waals surface area contributed by atoms with E-state index in [9.17, 15) is 14.7 Å². The van der Waals surface area contributed by atoms with Crippen LogP contribution in [0.4, 0.5) is 0 Å². The molecule has 2 aromatic rings. The van der Waals surface area contributed by atoms with E-state index in [4.69, 9.17) is 4.74 Å². The maximum absolute atomic E-state index is 12.9. The number of benzene rings is 2. The first kappa shape index (κ1) is 20.8. The normalized spacial score (nSPS) is 18.6. The van der Waals surface area contributed by atoms with E-state index in [1.54, 1.807) is 24.3 Å². The molecule has 5 nitrogen and oxygen atoms in total. The summed E-state index contributed by atoms with van der Waals surface area (Å²) < 4.78 is 5.60. The fraction of sp³-hybridized carbons (Fsp3) is 0.333. The molecule has 1 atom stereocenters. The van der Waals surface area contributed by atoms with Crippen LogP contribution >= 0.6 is 0 Å². The molecule has 0 saturated carbocycles. The summed E-state index contributed by atoms with van der Waals surface area (Å²) in [6, 6.07) is 16.0. The molecule has 1 heterocycles. The minimum absolute atomic E-state index is 0.0263. The van der Waals surface area contributed by atoms with Crippen LogP contribution < -0.4 is 0 Å². The molecule has 0 bridgehead atoms. The van der Waals surface area contributed by atoms with Crippen LogP contribution in [0.15, 0.2) is 60.2 Å². The van der Waals surface area contributed by atoms with Gasteiger partial charge >= 0.3 is 0 Å². The minimum atomic E-state index is -0.666. The van der Waals surface area contributed by atoms with Crippen LogP contribution in [-0.4, -0.2) is 41.0 Å². The summed E-state index contributed by atoms with van der Waals surface area (Å²) >= 11 is 0. The third-order valence-electron chi connectivity index (χ3n) is 5.07. The lowest BCUT2D eigenvalue weighted by Gasteiger charge is -2.25. The number of Topliss-reactive ketones (excluding diaryl/α,β-unsaturated/α-hetero) is 1. The summed E-state index contributed by atoms with van der Waals surface area (Å²) in [4.78, 5) is 27.2. The predicted molar refractivity (Wildman–Crippen MR) is 112 cm³/mol. The monoisotopic (exact) mass is 393 g/mol. The molecule has 2 aromatic carbocycles. The van der Waals surface area contributed by atoms with E-state index < -0.39 is 17.7 Å². The Balaban J connectivity index is 2.06. The molecule has 1 N–H and O–H groups in total. The number of likely N-dealkylation sites (tertiary alicyclic amines) is 1. The number of ketones is 1. The van der Waals surface area contributed by atoms with Gasteiger partial charge in [0.25, 0.3) is 11.7 Å². The summed E-state index contributed by atoms with van der Waals surface area (Å²) in [5, 5.41) is 10.9. The van der Waals surface area contributed by atoms with Gasteiger partial charge < -0.3 is 14.7 Å². The van der Waals surface area contributed by atoms with E-state index in [2.05, 4.69) is 6.92 Å². The summed E-state index contributed by atoms with van der Waals surface area (Å²) in [6.07, 6.45) is 0.922. The van der Waals surface area contributed by atoms with Crippen molar-refractivity contribution in [2.24, 2.45) is 0 Å². The van der Waals surface area contributed by atoms with Crippen LogP contribution in [0.5, 0.6) is 0 Å². The average molecular weight is 393 g/mol. The van der Waals surface area contributed by atoms with Gasteiger partial charge in [-0.05, 0) is 31.4 Å². The Morgan fingerprint density at radius 1 is 1.07 bits per heavy atom. The Labute approximate surface area is 171 Å². The van der Waals surface area contributed by atoms with E-state index in [1.165, 1.54) is 4.90 Å². The van der Waals surface area contributed by atoms with Crippen LogP contribution in [0.1, 0.15) is 43.5 Å². The first-order valence-corrected chi connectivity index (χ1v) is 9.98. The van der Waals surface area contributed by atoms with Crippen LogP contribution in [0.3, 0.4) is 0 Å². The molecular formula is C24H27NO4. The smallest absolute Gasteiger partial charge is 0.295 e. The van der Waals surface area contributed by atoms with Gasteiger partial charge in [0.05, 0.1) is 24.3 Å². The van der Waals surface area contributed by atoms with Crippen molar-refractivity contribution in [1.82, 2.24) is 4.90 Å². The van der Waals surface area contributed by atoms with Crippen molar-refractivity contribution in [2.45, 2.75) is 39.3 Å². The summed E-state index contributed by atoms with van der Waals surface area (Å²) in [5.41, 5.74) is 2.59. The van der Waals surface area contributed by atoms with Crippen molar-refractivity contribution in [2.75, 3.05) is 13.2 Å². The molecule has 3 rings (SSSR count). The Bertz CT molecular complexity index is 900. The zero-order valence-electron chi connectivity index (χ0n) is 17.1. The minimum Gasteiger partial charge on any atom is -0.507 e. The molecule has 0 aliphatic carbocycles. The molecular weight excluding hydrogens is 366 g/mol. The molecule has 1 unspecified atom stereocenters. The maximum atomic E-state index is 12.9. The van der Waals surface area contributed by atoms with E-state index in [-0.39, 0.29) is 24.0 Å². The number of aliphatic hydroxyl groups excluding tert-OH is 1. The molecule has 5 heteroatoms. The van der Waals surface area contributed by atoms with Crippen molar-refractivity contribution in [1.29, 1.82) is 0 Å². The fourth-order valence-corrected chi connectivity index (χ4v) is 3.53. The Morgan fingerprint density at radius 2 is 1.72 bits per heavy atom. The second-order valence-corrected chi connectivity index (χ2v) is 7.37. The molecule has 0 aromatic heterocycles. The summed E-state index contributed by atoms with van der Waals surface area (Å²) in [5.74, 6) is -1.43. The van der Waals surface area contributed by atoms with Crippen LogP contribution in [-0.2, 0) is 20.7 Å². The van der Waals surface area contributed by atoms with Crippen molar-refractivity contribution in [3.8, 4) is 0 Å². The van der Waals surface area contributed by atoms with E-state index >= 15 is 0 Å². The number of aliphatic hydroxyl groups is 1. The van der Waals surface area contributed by atoms with Gasteiger partial charge in [-0.25, -0.2) is 0 Å². The van der Waals surface area contributed by atoms with E-state index in [1.807, 2.05) is 44.2 Å². The molecule has 0 spiro atoms. The number of aryl methyl sites for hydroxylation is 1. The topological polar surface area (TPSA) is 66.8 Å². The number of carbonyl (C=O) groups excluding carboxylic acids is 2. The molecule has 1 amide bonds. The van der Waals surface area contributed by atoms with Crippen LogP contribution in [0.25, 0.3) is 5.76 Å². The zero-order chi connectivity index (χ0) is 21.0. The Morgan fingerprint density at radius 3 is 2.31 bits per heavy atom. The number of hydrogen-bond acceptors (Lipinski definition) is 4. The average Bonchev–Trinajstić information content (AvgIpc) is 2.98. The molecule has 152 valence electrons. The van der Waals surface area contributed by atoms with Gasteiger partial charge in [0.1, 0.15) is 5.76 Å². The van der Waals surface area contributed by atoms with E-state index in [0.717, 1.165) is 17.5 Å². The highest BCUT2D eigenvalue weighted by Crippen LogP contribution is 2.39. The Hall–Kier alpha value is -2.92. The number of amides is 1. The standard InChI is InChI=1S/C24H27NO4/c1-4-17-10-12-18(13-11-17)21-20(22(26)19-8-6-5-7-9-19)23(27)24(28)25(21)14-15-29-16(2)3/h5-13,16,21,26H,4,14-15H2,1-3H3/b22-20-. The lowest BCUT2D eigenvalue weighted by atomic mass is 9.94. The highest BCUT2D eigenvalue weighted by molar-refractivity contribution is 6.46. The van der Waals surface area contributed by atoms with Crippen molar-refractivity contribution >= 4 is 17.4 Å². The highest BCUT2D eigenvalue weighted by Gasteiger charge is 2.45. The van der Waals surface area contributed by atoms with Gasteiger partial charge in [-0.15, -0.1) is 0 Å². The number of carbonyl (C=O) groups is 2. The van der Waals surface area contributed by atoms with Gasteiger partial charge in [-0.1, -0.05) is 61.5 Å². The molecule has 1 aliphatic heterocycles. The molecule has 0 radical (unpaired) electrons. The number of rotatable bonds is 7.